The molecule has 0 aliphatic rings. The molecule has 0 amide bonds. The molecule has 66 valence electrons. The van der Waals surface area contributed by atoms with Crippen LogP contribution in [0.1, 0.15) is 37.8 Å². The normalized spacial score (nSPS) is 10.7. The standard InChI is InChI=1S/C11H16O/c1-4-9-5-6-11(12)10(7-9)8(2)3/h5-8,12H,4H2,1-3H3. The van der Waals surface area contributed by atoms with E-state index in [1.165, 1.54) is 5.56 Å². The molecule has 1 heteroatoms. The van der Waals surface area contributed by atoms with Crippen molar-refractivity contribution in [1.82, 2.24) is 0 Å². The van der Waals surface area contributed by atoms with Crippen molar-refractivity contribution in [3.8, 4) is 5.75 Å². The molecule has 1 rings (SSSR count). The van der Waals surface area contributed by atoms with Gasteiger partial charge in [-0.3, -0.25) is 0 Å². The van der Waals surface area contributed by atoms with E-state index in [1.807, 2.05) is 6.07 Å². The van der Waals surface area contributed by atoms with E-state index >= 15 is 0 Å². The van der Waals surface area contributed by atoms with Gasteiger partial charge in [0.15, 0.2) is 0 Å². The topological polar surface area (TPSA) is 20.2 Å². The Bertz CT molecular complexity index is 264. The Morgan fingerprint density at radius 3 is 2.50 bits per heavy atom. The van der Waals surface area contributed by atoms with Crippen molar-refractivity contribution in [3.05, 3.63) is 29.3 Å². The van der Waals surface area contributed by atoms with Crippen molar-refractivity contribution in [1.29, 1.82) is 0 Å². The van der Waals surface area contributed by atoms with Crippen LogP contribution in [0.5, 0.6) is 5.75 Å². The van der Waals surface area contributed by atoms with Crippen molar-refractivity contribution in [2.45, 2.75) is 33.1 Å². The first-order valence-corrected chi connectivity index (χ1v) is 4.47. The lowest BCUT2D eigenvalue weighted by Crippen LogP contribution is -1.90. The molecule has 1 aromatic carbocycles. The van der Waals surface area contributed by atoms with E-state index in [9.17, 15) is 5.11 Å². The Hall–Kier alpha value is -0.980. The molecule has 0 unspecified atom stereocenters. The largest absolute Gasteiger partial charge is 0.508 e. The number of rotatable bonds is 2. The number of hydrogen-bond acceptors (Lipinski definition) is 1. The molecule has 0 aliphatic carbocycles. The van der Waals surface area contributed by atoms with Crippen LogP contribution in [-0.2, 0) is 6.42 Å². The molecular formula is C11H16O. The van der Waals surface area contributed by atoms with Crippen LogP contribution in [0.4, 0.5) is 0 Å². The zero-order chi connectivity index (χ0) is 9.14. The minimum atomic E-state index is 0.400. The van der Waals surface area contributed by atoms with Crippen molar-refractivity contribution in [3.63, 3.8) is 0 Å². The highest BCUT2D eigenvalue weighted by Gasteiger charge is 2.05. The van der Waals surface area contributed by atoms with Gasteiger partial charge in [0.25, 0.3) is 0 Å². The first kappa shape index (κ1) is 9.11. The van der Waals surface area contributed by atoms with Crippen molar-refractivity contribution < 1.29 is 5.11 Å². The fourth-order valence-electron chi connectivity index (χ4n) is 1.29. The summed E-state index contributed by atoms with van der Waals surface area (Å²) in [6.45, 7) is 6.31. The second-order valence-corrected chi connectivity index (χ2v) is 3.40. The van der Waals surface area contributed by atoms with Gasteiger partial charge in [0.1, 0.15) is 5.75 Å². The fourth-order valence-corrected chi connectivity index (χ4v) is 1.29. The second-order valence-electron chi connectivity index (χ2n) is 3.40. The van der Waals surface area contributed by atoms with Crippen molar-refractivity contribution in [2.24, 2.45) is 0 Å². The minimum Gasteiger partial charge on any atom is -0.508 e. The van der Waals surface area contributed by atoms with Gasteiger partial charge in [-0.2, -0.15) is 0 Å². The van der Waals surface area contributed by atoms with Gasteiger partial charge in [0.2, 0.25) is 0 Å². The average molecular weight is 164 g/mol. The maximum atomic E-state index is 9.50. The summed E-state index contributed by atoms with van der Waals surface area (Å²) < 4.78 is 0. The van der Waals surface area contributed by atoms with E-state index in [0.717, 1.165) is 12.0 Å². The average Bonchev–Trinajstić information content (AvgIpc) is 2.05. The van der Waals surface area contributed by atoms with Crippen LogP contribution >= 0.6 is 0 Å². The lowest BCUT2D eigenvalue weighted by molar-refractivity contribution is 0.464. The lowest BCUT2D eigenvalue weighted by atomic mass is 9.99. The molecule has 1 N–H and O–H groups in total. The van der Waals surface area contributed by atoms with E-state index < -0.39 is 0 Å². The second kappa shape index (κ2) is 3.61. The summed E-state index contributed by atoms with van der Waals surface area (Å²) in [5.74, 6) is 0.818. The van der Waals surface area contributed by atoms with Gasteiger partial charge in [-0.1, -0.05) is 32.9 Å². The van der Waals surface area contributed by atoms with E-state index in [-0.39, 0.29) is 0 Å². The molecule has 1 aromatic rings. The molecule has 0 aromatic heterocycles. The van der Waals surface area contributed by atoms with Crippen LogP contribution in [0.2, 0.25) is 0 Å². The van der Waals surface area contributed by atoms with Gasteiger partial charge < -0.3 is 5.11 Å². The molecule has 0 atom stereocenters. The molecule has 0 saturated carbocycles. The van der Waals surface area contributed by atoms with Gasteiger partial charge in [-0.25, -0.2) is 0 Å². The first-order chi connectivity index (χ1) is 5.65. The third kappa shape index (κ3) is 1.79. The monoisotopic (exact) mass is 164 g/mol. The van der Waals surface area contributed by atoms with Crippen LogP contribution in [0.15, 0.2) is 18.2 Å². The first-order valence-electron chi connectivity index (χ1n) is 4.47. The molecule has 0 bridgehead atoms. The number of aryl methyl sites for hydroxylation is 1. The number of aromatic hydroxyl groups is 1. The molecule has 0 saturated heterocycles. The van der Waals surface area contributed by atoms with Crippen LogP contribution in [0.25, 0.3) is 0 Å². The Balaban J connectivity index is 3.08. The van der Waals surface area contributed by atoms with Gasteiger partial charge in [0.05, 0.1) is 0 Å². The highest BCUT2D eigenvalue weighted by atomic mass is 16.3. The van der Waals surface area contributed by atoms with Crippen molar-refractivity contribution >= 4 is 0 Å². The number of hydrogen-bond donors (Lipinski definition) is 1. The van der Waals surface area contributed by atoms with Gasteiger partial charge >= 0.3 is 0 Å². The zero-order valence-corrected chi connectivity index (χ0v) is 7.96. The number of phenolic OH excluding ortho intramolecular Hbond substituents is 1. The van der Waals surface area contributed by atoms with Gasteiger partial charge in [-0.05, 0) is 29.5 Å². The summed E-state index contributed by atoms with van der Waals surface area (Å²) in [4.78, 5) is 0. The summed E-state index contributed by atoms with van der Waals surface area (Å²) in [5.41, 5.74) is 2.34. The number of benzene rings is 1. The zero-order valence-electron chi connectivity index (χ0n) is 7.96. The third-order valence-corrected chi connectivity index (χ3v) is 2.12. The summed E-state index contributed by atoms with van der Waals surface area (Å²) in [5, 5.41) is 9.50. The molecule has 0 aliphatic heterocycles. The highest BCUT2D eigenvalue weighted by molar-refractivity contribution is 5.38. The quantitative estimate of drug-likeness (QED) is 0.712. The summed E-state index contributed by atoms with van der Waals surface area (Å²) >= 11 is 0. The number of phenols is 1. The minimum absolute atomic E-state index is 0.400. The third-order valence-electron chi connectivity index (χ3n) is 2.12. The van der Waals surface area contributed by atoms with Crippen LogP contribution < -0.4 is 0 Å². The fraction of sp³-hybridized carbons (Fsp3) is 0.455. The Kier molecular flexibility index (Phi) is 2.74. The molecular weight excluding hydrogens is 148 g/mol. The maximum absolute atomic E-state index is 9.50. The van der Waals surface area contributed by atoms with E-state index in [4.69, 9.17) is 0 Å². The maximum Gasteiger partial charge on any atom is 0.119 e. The predicted octanol–water partition coefficient (Wildman–Crippen LogP) is 3.08. The van der Waals surface area contributed by atoms with Crippen LogP contribution in [0, 0.1) is 0 Å². The van der Waals surface area contributed by atoms with Crippen LogP contribution in [-0.4, -0.2) is 5.11 Å². The van der Waals surface area contributed by atoms with E-state index in [1.54, 1.807) is 6.07 Å². The lowest BCUT2D eigenvalue weighted by Gasteiger charge is -2.09. The molecule has 0 heterocycles. The summed E-state index contributed by atoms with van der Waals surface area (Å²) in [6.07, 6.45) is 1.03. The van der Waals surface area contributed by atoms with Crippen LogP contribution in [0.3, 0.4) is 0 Å². The predicted molar refractivity (Wildman–Crippen MR) is 51.6 cm³/mol. The van der Waals surface area contributed by atoms with Gasteiger partial charge in [-0.15, -0.1) is 0 Å². The summed E-state index contributed by atoms with van der Waals surface area (Å²) in [7, 11) is 0. The van der Waals surface area contributed by atoms with E-state index in [0.29, 0.717) is 11.7 Å². The van der Waals surface area contributed by atoms with Crippen molar-refractivity contribution in [2.75, 3.05) is 0 Å². The molecule has 0 radical (unpaired) electrons. The molecule has 1 nitrogen and oxygen atoms in total. The molecule has 0 fully saturated rings. The van der Waals surface area contributed by atoms with Gasteiger partial charge in [0, 0.05) is 0 Å². The summed E-state index contributed by atoms with van der Waals surface area (Å²) in [6, 6.07) is 5.84. The highest BCUT2D eigenvalue weighted by Crippen LogP contribution is 2.26. The Morgan fingerprint density at radius 2 is 2.00 bits per heavy atom. The molecule has 0 spiro atoms. The smallest absolute Gasteiger partial charge is 0.119 e. The molecule has 12 heavy (non-hydrogen) atoms. The Morgan fingerprint density at radius 1 is 1.33 bits per heavy atom. The van der Waals surface area contributed by atoms with E-state index in [2.05, 4.69) is 26.8 Å². The SMILES string of the molecule is CCc1ccc(O)c(C(C)C)c1. The Labute approximate surface area is 74.1 Å².